The van der Waals surface area contributed by atoms with E-state index in [1.54, 1.807) is 22.7 Å². The number of alkyl halides is 1. The molecule has 0 fully saturated rings. The molecule has 0 aliphatic carbocycles. The van der Waals surface area contributed by atoms with Crippen molar-refractivity contribution in [1.29, 1.82) is 0 Å². The van der Waals surface area contributed by atoms with Gasteiger partial charge in [0.1, 0.15) is 0 Å². The van der Waals surface area contributed by atoms with Crippen LogP contribution in [0.1, 0.15) is 28.3 Å². The summed E-state index contributed by atoms with van der Waals surface area (Å²) >= 11 is 9.95. The third-order valence-electron chi connectivity index (χ3n) is 2.44. The molecule has 2 aromatic rings. The fraction of sp³-hybridized carbons (Fsp3) is 0.333. The van der Waals surface area contributed by atoms with Gasteiger partial charge in [-0.05, 0) is 52.2 Å². The maximum atomic E-state index is 6.44. The fourth-order valence-corrected chi connectivity index (χ4v) is 3.75. The lowest BCUT2D eigenvalue weighted by molar-refractivity contribution is 0.923. The molecule has 0 radical (unpaired) electrons. The molecule has 15 heavy (non-hydrogen) atoms. The monoisotopic (exact) mass is 256 g/mol. The fourth-order valence-electron chi connectivity index (χ4n) is 1.62. The summed E-state index contributed by atoms with van der Waals surface area (Å²) in [6.07, 6.45) is 2.02. The summed E-state index contributed by atoms with van der Waals surface area (Å²) in [5.41, 5.74) is 2.74. The van der Waals surface area contributed by atoms with Gasteiger partial charge < -0.3 is 0 Å². The Labute approximate surface area is 104 Å². The first kappa shape index (κ1) is 11.2. The van der Waals surface area contributed by atoms with Crippen molar-refractivity contribution in [3.8, 4) is 0 Å². The predicted molar refractivity (Wildman–Crippen MR) is 70.3 cm³/mol. The minimum absolute atomic E-state index is 0.134. The molecule has 2 heterocycles. The van der Waals surface area contributed by atoms with Gasteiger partial charge in [0.2, 0.25) is 0 Å². The van der Waals surface area contributed by atoms with Crippen molar-refractivity contribution in [2.45, 2.75) is 25.1 Å². The maximum absolute atomic E-state index is 6.44. The van der Waals surface area contributed by atoms with Crippen LogP contribution < -0.4 is 0 Å². The van der Waals surface area contributed by atoms with Crippen molar-refractivity contribution in [2.75, 3.05) is 0 Å². The van der Waals surface area contributed by atoms with E-state index in [4.69, 9.17) is 11.6 Å². The van der Waals surface area contributed by atoms with E-state index in [0.717, 1.165) is 12.8 Å². The number of halogens is 1. The Morgan fingerprint density at radius 2 is 2.20 bits per heavy atom. The van der Waals surface area contributed by atoms with Crippen LogP contribution in [0.25, 0.3) is 0 Å². The third-order valence-corrected chi connectivity index (χ3v) is 4.75. The molecule has 0 aromatic carbocycles. The van der Waals surface area contributed by atoms with Gasteiger partial charge in [-0.1, -0.05) is 6.92 Å². The Morgan fingerprint density at radius 1 is 1.33 bits per heavy atom. The van der Waals surface area contributed by atoms with E-state index in [2.05, 4.69) is 35.2 Å². The third kappa shape index (κ3) is 2.63. The zero-order chi connectivity index (χ0) is 10.7. The molecular formula is C12H13ClS2. The van der Waals surface area contributed by atoms with Crippen molar-refractivity contribution in [3.05, 3.63) is 44.3 Å². The second-order valence-corrected chi connectivity index (χ2v) is 5.72. The number of hydrogen-bond acceptors (Lipinski definition) is 2. The van der Waals surface area contributed by atoms with Crippen molar-refractivity contribution in [1.82, 2.24) is 0 Å². The molecule has 0 aliphatic heterocycles. The number of rotatable bonds is 4. The Morgan fingerprint density at radius 3 is 2.87 bits per heavy atom. The number of thiophene rings is 2. The first-order chi connectivity index (χ1) is 7.31. The molecule has 0 spiro atoms. The topological polar surface area (TPSA) is 0 Å². The zero-order valence-corrected chi connectivity index (χ0v) is 11.0. The Hall–Kier alpha value is -0.310. The number of hydrogen-bond donors (Lipinski definition) is 0. The Bertz CT molecular complexity index is 403. The highest BCUT2D eigenvalue weighted by Gasteiger charge is 2.14. The SMILES string of the molecule is CCc1ccsc1C(Cl)Cc1ccsc1. The Kier molecular flexibility index (Phi) is 3.84. The molecule has 2 rings (SSSR count). The van der Waals surface area contributed by atoms with Crippen LogP contribution in [0.3, 0.4) is 0 Å². The summed E-state index contributed by atoms with van der Waals surface area (Å²) in [7, 11) is 0. The van der Waals surface area contributed by atoms with E-state index in [1.165, 1.54) is 16.0 Å². The van der Waals surface area contributed by atoms with Gasteiger partial charge in [0.05, 0.1) is 5.38 Å². The van der Waals surface area contributed by atoms with Gasteiger partial charge in [-0.15, -0.1) is 22.9 Å². The molecule has 0 bridgehead atoms. The van der Waals surface area contributed by atoms with Crippen molar-refractivity contribution in [2.24, 2.45) is 0 Å². The van der Waals surface area contributed by atoms with E-state index in [1.807, 2.05) is 0 Å². The molecule has 0 aliphatic rings. The molecule has 2 aromatic heterocycles. The lowest BCUT2D eigenvalue weighted by Gasteiger charge is -2.08. The average Bonchev–Trinajstić information content (AvgIpc) is 2.86. The molecular weight excluding hydrogens is 244 g/mol. The highest BCUT2D eigenvalue weighted by molar-refractivity contribution is 7.10. The largest absolute Gasteiger partial charge is 0.152 e. The summed E-state index contributed by atoms with van der Waals surface area (Å²) in [6.45, 7) is 2.18. The Balaban J connectivity index is 2.11. The van der Waals surface area contributed by atoms with E-state index in [-0.39, 0.29) is 5.38 Å². The van der Waals surface area contributed by atoms with Crippen LogP contribution in [0, 0.1) is 0 Å². The lowest BCUT2D eigenvalue weighted by atomic mass is 10.1. The minimum Gasteiger partial charge on any atom is -0.152 e. The second kappa shape index (κ2) is 5.15. The van der Waals surface area contributed by atoms with Crippen LogP contribution in [-0.4, -0.2) is 0 Å². The normalized spacial score (nSPS) is 12.9. The molecule has 3 heteroatoms. The molecule has 80 valence electrons. The molecule has 0 N–H and O–H groups in total. The maximum Gasteiger partial charge on any atom is 0.0721 e. The molecule has 0 amide bonds. The zero-order valence-electron chi connectivity index (χ0n) is 8.57. The highest BCUT2D eigenvalue weighted by Crippen LogP contribution is 2.32. The quantitative estimate of drug-likeness (QED) is 0.683. The molecule has 1 atom stereocenters. The smallest absolute Gasteiger partial charge is 0.0721 e. The van der Waals surface area contributed by atoms with Crippen LogP contribution in [0.4, 0.5) is 0 Å². The number of aryl methyl sites for hydroxylation is 1. The first-order valence-electron chi connectivity index (χ1n) is 5.02. The van der Waals surface area contributed by atoms with E-state index in [9.17, 15) is 0 Å². The summed E-state index contributed by atoms with van der Waals surface area (Å²) in [5, 5.41) is 6.55. The summed E-state index contributed by atoms with van der Waals surface area (Å²) in [4.78, 5) is 1.34. The van der Waals surface area contributed by atoms with Gasteiger partial charge in [0, 0.05) is 4.88 Å². The van der Waals surface area contributed by atoms with Crippen LogP contribution in [0.15, 0.2) is 28.3 Å². The van der Waals surface area contributed by atoms with Crippen LogP contribution in [0.2, 0.25) is 0 Å². The summed E-state index contributed by atoms with van der Waals surface area (Å²) in [6, 6.07) is 4.34. The van der Waals surface area contributed by atoms with Gasteiger partial charge in [0.15, 0.2) is 0 Å². The predicted octanol–water partition coefficient (Wildman–Crippen LogP) is 4.89. The van der Waals surface area contributed by atoms with Crippen molar-refractivity contribution < 1.29 is 0 Å². The van der Waals surface area contributed by atoms with Crippen LogP contribution in [-0.2, 0) is 12.8 Å². The van der Waals surface area contributed by atoms with Gasteiger partial charge in [-0.25, -0.2) is 0 Å². The van der Waals surface area contributed by atoms with Gasteiger partial charge in [-0.2, -0.15) is 11.3 Å². The molecule has 0 saturated carbocycles. The van der Waals surface area contributed by atoms with Gasteiger partial charge in [-0.3, -0.25) is 0 Å². The lowest BCUT2D eigenvalue weighted by Crippen LogP contribution is -1.95. The van der Waals surface area contributed by atoms with Crippen LogP contribution in [0.5, 0.6) is 0 Å². The van der Waals surface area contributed by atoms with Crippen molar-refractivity contribution in [3.63, 3.8) is 0 Å². The van der Waals surface area contributed by atoms with Crippen molar-refractivity contribution >= 4 is 34.3 Å². The molecule has 1 unspecified atom stereocenters. The average molecular weight is 257 g/mol. The second-order valence-electron chi connectivity index (χ2n) is 3.47. The first-order valence-corrected chi connectivity index (χ1v) is 7.28. The standard InChI is InChI=1S/C12H13ClS2/c1-2-10-4-6-15-12(10)11(13)7-9-3-5-14-8-9/h3-6,8,11H,2,7H2,1H3. The minimum atomic E-state index is 0.134. The molecule has 0 saturated heterocycles. The summed E-state index contributed by atoms with van der Waals surface area (Å²) in [5.74, 6) is 0. The van der Waals surface area contributed by atoms with E-state index < -0.39 is 0 Å². The highest BCUT2D eigenvalue weighted by atomic mass is 35.5. The summed E-state index contributed by atoms with van der Waals surface area (Å²) < 4.78 is 0. The van der Waals surface area contributed by atoms with Gasteiger partial charge in [0.25, 0.3) is 0 Å². The molecule has 0 nitrogen and oxygen atoms in total. The van der Waals surface area contributed by atoms with Gasteiger partial charge >= 0.3 is 0 Å². The van der Waals surface area contributed by atoms with Crippen LogP contribution >= 0.6 is 34.3 Å². The van der Waals surface area contributed by atoms with E-state index >= 15 is 0 Å². The van der Waals surface area contributed by atoms with E-state index in [0.29, 0.717) is 0 Å².